The van der Waals surface area contributed by atoms with Crippen LogP contribution in [-0.2, 0) is 6.42 Å². The van der Waals surface area contributed by atoms with E-state index in [2.05, 4.69) is 26.7 Å². The molecule has 0 spiro atoms. The zero-order valence-electron chi connectivity index (χ0n) is 22.0. The third kappa shape index (κ3) is 5.26. The van der Waals surface area contributed by atoms with Crippen molar-refractivity contribution in [2.45, 2.75) is 20.3 Å². The quantitative estimate of drug-likeness (QED) is 0.198. The molecule has 0 unspecified atom stereocenters. The number of halogens is 2. The van der Waals surface area contributed by atoms with Crippen molar-refractivity contribution in [2.24, 2.45) is 0 Å². The number of ether oxygens (including phenoxy) is 2. The molecule has 0 bridgehead atoms. The summed E-state index contributed by atoms with van der Waals surface area (Å²) in [5.41, 5.74) is 4.84. The number of ketones is 1. The Morgan fingerprint density at radius 1 is 0.975 bits per heavy atom. The van der Waals surface area contributed by atoms with E-state index in [9.17, 15) is 9.18 Å². The smallest absolute Gasteiger partial charge is 0.191 e. The normalized spacial score (nSPS) is 10.9. The maximum atomic E-state index is 15.1. The van der Waals surface area contributed by atoms with Crippen LogP contribution >= 0.6 is 0 Å². The third-order valence-electron chi connectivity index (χ3n) is 6.32. The molecule has 200 valence electrons. The molecular formula is C31H24F2N4O3. The summed E-state index contributed by atoms with van der Waals surface area (Å²) in [5, 5.41) is 8.17. The number of carbonyl (C=O) groups excluding carboxylic acids is 1. The molecule has 0 radical (unpaired) electrons. The van der Waals surface area contributed by atoms with Crippen molar-refractivity contribution in [3.63, 3.8) is 0 Å². The number of aryl methyl sites for hydroxylation is 1. The van der Waals surface area contributed by atoms with Gasteiger partial charge in [0, 0.05) is 30.4 Å². The zero-order chi connectivity index (χ0) is 28.4. The summed E-state index contributed by atoms with van der Waals surface area (Å²) in [7, 11) is 1.42. The van der Waals surface area contributed by atoms with Gasteiger partial charge in [0.25, 0.3) is 0 Å². The average molecular weight is 539 g/mol. The molecule has 3 heterocycles. The van der Waals surface area contributed by atoms with Crippen molar-refractivity contribution in [3.8, 4) is 28.4 Å². The van der Waals surface area contributed by atoms with E-state index >= 15 is 4.39 Å². The molecule has 0 fully saturated rings. The van der Waals surface area contributed by atoms with Crippen LogP contribution in [0.2, 0.25) is 0 Å². The van der Waals surface area contributed by atoms with Crippen LogP contribution in [0.15, 0.2) is 73.6 Å². The minimum atomic E-state index is -0.650. The molecule has 3 aromatic heterocycles. The summed E-state index contributed by atoms with van der Waals surface area (Å²) < 4.78 is 39.9. The third-order valence-corrected chi connectivity index (χ3v) is 6.32. The van der Waals surface area contributed by atoms with Gasteiger partial charge in [0.15, 0.2) is 34.5 Å². The standard InChI is InChI=1S/C31H24F2N4O3/c1-17(2)21-15-24-29(35-16-21)27(11-12-34-24)40-26-10-5-19(13-23(26)33)14-25(38)30-31(39-4)28(18(3)36-37-30)20-6-8-22(32)9-7-20/h5-13,15-16H,1,14H2,2-4H3. The van der Waals surface area contributed by atoms with Crippen molar-refractivity contribution in [1.29, 1.82) is 0 Å². The lowest BCUT2D eigenvalue weighted by Crippen LogP contribution is -2.12. The first-order chi connectivity index (χ1) is 19.2. The molecule has 5 rings (SSSR count). The van der Waals surface area contributed by atoms with Crippen molar-refractivity contribution >= 4 is 22.4 Å². The lowest BCUT2D eigenvalue weighted by molar-refractivity contribution is 0.0984. The molecule has 2 aromatic carbocycles. The van der Waals surface area contributed by atoms with Crippen LogP contribution in [0, 0.1) is 18.6 Å². The lowest BCUT2D eigenvalue weighted by atomic mass is 9.99. The Labute approximate surface area is 229 Å². The van der Waals surface area contributed by atoms with E-state index in [-0.39, 0.29) is 23.6 Å². The first-order valence-electron chi connectivity index (χ1n) is 12.3. The fourth-order valence-corrected chi connectivity index (χ4v) is 4.29. The molecule has 0 aliphatic rings. The van der Waals surface area contributed by atoms with Crippen molar-refractivity contribution < 1.29 is 23.0 Å². The number of pyridine rings is 2. The summed E-state index contributed by atoms with van der Waals surface area (Å²) in [6, 6.07) is 13.5. The summed E-state index contributed by atoms with van der Waals surface area (Å²) >= 11 is 0. The second kappa shape index (κ2) is 11.0. The SMILES string of the molecule is C=C(C)c1cnc2c(Oc3ccc(CC(=O)c4nnc(C)c(-c5ccc(F)cc5)c4OC)cc3F)ccnc2c1. The number of carbonyl (C=O) groups is 1. The predicted octanol–water partition coefficient (Wildman–Crippen LogP) is 6.93. The van der Waals surface area contributed by atoms with Gasteiger partial charge in [-0.3, -0.25) is 14.8 Å². The summed E-state index contributed by atoms with van der Waals surface area (Å²) in [6.45, 7) is 7.51. The molecule has 0 saturated heterocycles. The van der Waals surface area contributed by atoms with Gasteiger partial charge in [-0.25, -0.2) is 8.78 Å². The van der Waals surface area contributed by atoms with Gasteiger partial charge in [0.2, 0.25) is 0 Å². The fourth-order valence-electron chi connectivity index (χ4n) is 4.29. The van der Waals surface area contributed by atoms with Crippen LogP contribution in [0.25, 0.3) is 27.7 Å². The first kappa shape index (κ1) is 26.6. The van der Waals surface area contributed by atoms with Gasteiger partial charge in [-0.1, -0.05) is 24.8 Å². The summed E-state index contributed by atoms with van der Waals surface area (Å²) in [4.78, 5) is 22.0. The number of nitrogens with zero attached hydrogens (tertiary/aromatic N) is 4. The number of methoxy groups -OCH3 is 1. The Bertz CT molecular complexity index is 1770. The highest BCUT2D eigenvalue weighted by molar-refractivity contribution is 6.00. The fraction of sp³-hybridized carbons (Fsp3) is 0.129. The van der Waals surface area contributed by atoms with Crippen LogP contribution in [0.5, 0.6) is 17.2 Å². The predicted molar refractivity (Wildman–Crippen MR) is 147 cm³/mol. The van der Waals surface area contributed by atoms with Crippen molar-refractivity contribution in [2.75, 3.05) is 7.11 Å². The monoisotopic (exact) mass is 538 g/mol. The number of hydrogen-bond donors (Lipinski definition) is 0. The Morgan fingerprint density at radius 2 is 1.75 bits per heavy atom. The van der Waals surface area contributed by atoms with Gasteiger partial charge in [-0.2, -0.15) is 5.10 Å². The van der Waals surface area contributed by atoms with Gasteiger partial charge in [-0.15, -0.1) is 5.10 Å². The van der Waals surface area contributed by atoms with Crippen molar-refractivity contribution in [3.05, 3.63) is 108 Å². The minimum Gasteiger partial charge on any atom is -0.494 e. The molecule has 40 heavy (non-hydrogen) atoms. The number of rotatable bonds is 8. The van der Waals surface area contributed by atoms with E-state index in [1.54, 1.807) is 43.6 Å². The van der Waals surface area contributed by atoms with E-state index in [0.717, 1.165) is 11.1 Å². The Kier molecular flexibility index (Phi) is 7.29. The average Bonchev–Trinajstić information content (AvgIpc) is 2.94. The second-order valence-corrected chi connectivity index (χ2v) is 9.20. The lowest BCUT2D eigenvalue weighted by Gasteiger charge is -2.14. The zero-order valence-corrected chi connectivity index (χ0v) is 22.0. The van der Waals surface area contributed by atoms with E-state index in [4.69, 9.17) is 9.47 Å². The molecule has 7 nitrogen and oxygen atoms in total. The highest BCUT2D eigenvalue weighted by Crippen LogP contribution is 2.35. The van der Waals surface area contributed by atoms with E-state index in [1.165, 1.54) is 31.4 Å². The molecule has 0 atom stereocenters. The molecule has 0 N–H and O–H groups in total. The number of allylic oxidation sites excluding steroid dienone is 1. The van der Waals surface area contributed by atoms with E-state index in [0.29, 0.717) is 39.2 Å². The van der Waals surface area contributed by atoms with Crippen LogP contribution in [-0.4, -0.2) is 33.1 Å². The summed E-state index contributed by atoms with van der Waals surface area (Å²) in [6.07, 6.45) is 3.06. The van der Waals surface area contributed by atoms with Crippen LogP contribution in [0.1, 0.15) is 34.2 Å². The van der Waals surface area contributed by atoms with Gasteiger partial charge in [-0.05, 0) is 66.4 Å². The number of Topliss-reactive ketones (excluding diaryl/α,β-unsaturated/α-hetero) is 1. The van der Waals surface area contributed by atoms with E-state index in [1.807, 2.05) is 13.0 Å². The number of benzene rings is 2. The van der Waals surface area contributed by atoms with Gasteiger partial charge < -0.3 is 9.47 Å². The first-order valence-corrected chi connectivity index (χ1v) is 12.3. The highest BCUT2D eigenvalue weighted by Gasteiger charge is 2.23. The molecule has 9 heteroatoms. The molecule has 0 aliphatic carbocycles. The Hall–Kier alpha value is -5.05. The van der Waals surface area contributed by atoms with Gasteiger partial charge in [0.05, 0.1) is 18.3 Å². The molecule has 5 aromatic rings. The molecular weight excluding hydrogens is 514 g/mol. The van der Waals surface area contributed by atoms with Gasteiger partial charge in [0.1, 0.15) is 11.3 Å². The number of hydrogen-bond acceptors (Lipinski definition) is 7. The molecule has 0 aliphatic heterocycles. The highest BCUT2D eigenvalue weighted by atomic mass is 19.1. The minimum absolute atomic E-state index is 0.00313. The van der Waals surface area contributed by atoms with Crippen LogP contribution in [0.3, 0.4) is 0 Å². The maximum Gasteiger partial charge on any atom is 0.191 e. The summed E-state index contributed by atoms with van der Waals surface area (Å²) in [5.74, 6) is -0.925. The Morgan fingerprint density at radius 3 is 2.45 bits per heavy atom. The van der Waals surface area contributed by atoms with Crippen LogP contribution < -0.4 is 9.47 Å². The van der Waals surface area contributed by atoms with Crippen molar-refractivity contribution in [1.82, 2.24) is 20.2 Å². The molecule has 0 saturated carbocycles. The topological polar surface area (TPSA) is 87.1 Å². The number of aromatic nitrogens is 4. The number of fused-ring (bicyclic) bond motifs is 1. The Balaban J connectivity index is 1.40. The second-order valence-electron chi connectivity index (χ2n) is 9.20. The maximum absolute atomic E-state index is 15.1. The van der Waals surface area contributed by atoms with Gasteiger partial charge >= 0.3 is 0 Å². The van der Waals surface area contributed by atoms with Crippen LogP contribution in [0.4, 0.5) is 8.78 Å². The molecule has 0 amide bonds. The largest absolute Gasteiger partial charge is 0.494 e. The van der Waals surface area contributed by atoms with E-state index < -0.39 is 17.4 Å².